The molecule has 3 nitrogen and oxygen atoms in total. The van der Waals surface area contributed by atoms with Gasteiger partial charge in [0, 0.05) is 21.4 Å². The molecule has 0 aliphatic carbocycles. The number of benzene rings is 6. The minimum Gasteiger partial charge on any atom is -0.346 e. The molecule has 5 heteroatoms. The smallest absolute Gasteiger partial charge is 0.346 e. The van der Waals surface area contributed by atoms with Gasteiger partial charge in [0.1, 0.15) is 0 Å². The first-order valence-corrected chi connectivity index (χ1v) is 16.1. The van der Waals surface area contributed by atoms with Crippen LogP contribution in [-0.4, -0.2) is 14.5 Å². The van der Waals surface area contributed by atoms with Crippen molar-refractivity contribution in [2.45, 2.75) is 0 Å². The summed E-state index contributed by atoms with van der Waals surface area (Å²) in [6.45, 7) is 0. The van der Waals surface area contributed by atoms with E-state index in [0.29, 0.717) is 0 Å². The standard InChI is InChI=1S/C42H25N3S.Pt/c1-2-10-28(11-3-1)29-19-21-30(22-20-29)34-14-9-17-38-41(34)35-24-23-32(42-44-37-16-4-5-18-40(37)46-42)27-39(35)45(38)33-13-8-12-31(26-33)36-15-6-7-25-43-36;/h1-25H;/q-2;+2. The Kier molecular flexibility index (Phi) is 7.61. The summed E-state index contributed by atoms with van der Waals surface area (Å²) >= 11 is 1.70. The maximum absolute atomic E-state index is 4.96. The van der Waals surface area contributed by atoms with Crippen LogP contribution in [0.25, 0.3) is 81.8 Å². The molecule has 0 fully saturated rings. The Labute approximate surface area is 291 Å². The summed E-state index contributed by atoms with van der Waals surface area (Å²) in [6, 6.07) is 58.4. The van der Waals surface area contributed by atoms with Crippen molar-refractivity contribution in [3.63, 3.8) is 0 Å². The zero-order valence-electron chi connectivity index (χ0n) is 25.0. The Bertz CT molecular complexity index is 2480. The summed E-state index contributed by atoms with van der Waals surface area (Å²) in [5, 5.41) is 3.29. The SMILES string of the molecule is [Pt+2].[c-]1c(-c2ccccn2)cccc1-n1c2[c-]c(-c3nc4ccccc4s3)ccc2c2c(-c3ccc(-c4ccccc4)cc3)cccc21. The van der Waals surface area contributed by atoms with Crippen LogP contribution in [0.5, 0.6) is 0 Å². The van der Waals surface area contributed by atoms with Gasteiger partial charge in [-0.3, -0.25) is 4.98 Å². The van der Waals surface area contributed by atoms with Crippen molar-refractivity contribution in [1.82, 2.24) is 14.5 Å². The summed E-state index contributed by atoms with van der Waals surface area (Å²) in [5.41, 5.74) is 11.6. The van der Waals surface area contributed by atoms with Gasteiger partial charge in [-0.05, 0) is 68.8 Å². The largest absolute Gasteiger partial charge is 2.00 e. The first-order chi connectivity index (χ1) is 22.8. The summed E-state index contributed by atoms with van der Waals surface area (Å²) in [6.07, 6.45) is 1.82. The third-order valence-corrected chi connectivity index (χ3v) is 9.56. The molecule has 0 spiro atoms. The maximum Gasteiger partial charge on any atom is 2.00 e. The van der Waals surface area contributed by atoms with Crippen molar-refractivity contribution in [1.29, 1.82) is 0 Å². The molecular formula is C42H25N3PtS. The van der Waals surface area contributed by atoms with Crippen LogP contribution in [-0.2, 0) is 21.1 Å². The van der Waals surface area contributed by atoms with Crippen LogP contribution in [0.15, 0.2) is 152 Å². The van der Waals surface area contributed by atoms with Gasteiger partial charge in [-0.15, -0.1) is 53.6 Å². The predicted octanol–water partition coefficient (Wildman–Crippen LogP) is 11.1. The number of pyridine rings is 1. The number of nitrogens with zero attached hydrogens (tertiary/aromatic N) is 3. The first kappa shape index (κ1) is 29.3. The van der Waals surface area contributed by atoms with Crippen LogP contribution >= 0.6 is 11.3 Å². The normalized spacial score (nSPS) is 11.2. The van der Waals surface area contributed by atoms with Gasteiger partial charge in [0.05, 0.1) is 5.52 Å². The van der Waals surface area contributed by atoms with Crippen LogP contribution < -0.4 is 0 Å². The zero-order chi connectivity index (χ0) is 30.5. The fourth-order valence-electron chi connectivity index (χ4n) is 6.32. The third-order valence-electron chi connectivity index (χ3n) is 8.49. The second-order valence-electron chi connectivity index (χ2n) is 11.3. The Hall–Kier alpha value is -5.15. The average Bonchev–Trinajstić information content (AvgIpc) is 3.72. The van der Waals surface area contributed by atoms with Gasteiger partial charge in [0.25, 0.3) is 0 Å². The van der Waals surface area contributed by atoms with E-state index in [2.05, 4.69) is 143 Å². The van der Waals surface area contributed by atoms with Crippen LogP contribution in [0.4, 0.5) is 0 Å². The second kappa shape index (κ2) is 12.2. The van der Waals surface area contributed by atoms with Gasteiger partial charge in [-0.1, -0.05) is 96.4 Å². The van der Waals surface area contributed by atoms with Crippen molar-refractivity contribution >= 4 is 43.4 Å². The number of fused-ring (bicyclic) bond motifs is 4. The van der Waals surface area contributed by atoms with E-state index >= 15 is 0 Å². The molecule has 3 aromatic heterocycles. The number of hydrogen-bond acceptors (Lipinski definition) is 3. The van der Waals surface area contributed by atoms with Crippen molar-refractivity contribution in [3.05, 3.63) is 164 Å². The van der Waals surface area contributed by atoms with Gasteiger partial charge in [-0.2, -0.15) is 11.3 Å². The Balaban J connectivity index is 0.00000324. The van der Waals surface area contributed by atoms with Crippen LogP contribution in [0.3, 0.4) is 0 Å². The number of rotatable bonds is 5. The number of aromatic nitrogens is 3. The predicted molar refractivity (Wildman–Crippen MR) is 191 cm³/mol. The molecule has 0 aliphatic heterocycles. The summed E-state index contributed by atoms with van der Waals surface area (Å²) < 4.78 is 3.46. The fraction of sp³-hybridized carbons (Fsp3) is 0. The van der Waals surface area contributed by atoms with Gasteiger partial charge >= 0.3 is 21.1 Å². The number of hydrogen-bond donors (Lipinski definition) is 0. The molecule has 0 unspecified atom stereocenters. The Morgan fingerprint density at radius 1 is 0.574 bits per heavy atom. The molecule has 0 saturated carbocycles. The molecule has 0 amide bonds. The quantitative estimate of drug-likeness (QED) is 0.162. The minimum absolute atomic E-state index is 0. The summed E-state index contributed by atoms with van der Waals surface area (Å²) in [5.74, 6) is 0. The van der Waals surface area contributed by atoms with E-state index in [9.17, 15) is 0 Å². The van der Waals surface area contributed by atoms with E-state index < -0.39 is 0 Å². The van der Waals surface area contributed by atoms with E-state index in [1.807, 2.05) is 30.5 Å². The van der Waals surface area contributed by atoms with Gasteiger partial charge in [-0.25, -0.2) is 0 Å². The molecule has 0 saturated heterocycles. The van der Waals surface area contributed by atoms with Crippen LogP contribution in [0.1, 0.15) is 0 Å². The molecule has 6 aromatic carbocycles. The molecule has 3 heterocycles. The topological polar surface area (TPSA) is 30.7 Å². The van der Waals surface area contributed by atoms with Gasteiger partial charge in [0.2, 0.25) is 0 Å². The van der Waals surface area contributed by atoms with E-state index in [4.69, 9.17) is 4.98 Å². The minimum atomic E-state index is 0. The zero-order valence-corrected chi connectivity index (χ0v) is 28.1. The van der Waals surface area contributed by atoms with Crippen molar-refractivity contribution in [3.8, 4) is 49.8 Å². The fourth-order valence-corrected chi connectivity index (χ4v) is 7.27. The molecule has 0 radical (unpaired) electrons. The van der Waals surface area contributed by atoms with Crippen LogP contribution in [0, 0.1) is 12.1 Å². The monoisotopic (exact) mass is 798 g/mol. The third kappa shape index (κ3) is 5.20. The van der Waals surface area contributed by atoms with Crippen molar-refractivity contribution in [2.24, 2.45) is 0 Å². The van der Waals surface area contributed by atoms with E-state index in [1.165, 1.54) is 32.3 Å². The van der Waals surface area contributed by atoms with Gasteiger partial charge < -0.3 is 9.55 Å². The second-order valence-corrected chi connectivity index (χ2v) is 12.3. The number of thiazole rings is 1. The summed E-state index contributed by atoms with van der Waals surface area (Å²) in [4.78, 5) is 9.56. The molecule has 0 N–H and O–H groups in total. The molecule has 0 aliphatic rings. The molecule has 9 aromatic rings. The van der Waals surface area contributed by atoms with Crippen molar-refractivity contribution in [2.75, 3.05) is 0 Å². The first-order valence-electron chi connectivity index (χ1n) is 15.3. The van der Waals surface area contributed by atoms with Crippen molar-refractivity contribution < 1.29 is 21.1 Å². The van der Waals surface area contributed by atoms with E-state index in [1.54, 1.807) is 11.3 Å². The van der Waals surface area contributed by atoms with E-state index in [0.717, 1.165) is 49.5 Å². The molecule has 9 rings (SSSR count). The van der Waals surface area contributed by atoms with Crippen LogP contribution in [0.2, 0.25) is 0 Å². The number of para-hydroxylation sites is 1. The summed E-state index contributed by atoms with van der Waals surface area (Å²) in [7, 11) is 0. The molecule has 224 valence electrons. The molecule has 0 bridgehead atoms. The Morgan fingerprint density at radius 3 is 2.17 bits per heavy atom. The maximum atomic E-state index is 4.96. The van der Waals surface area contributed by atoms with E-state index in [-0.39, 0.29) is 21.1 Å². The van der Waals surface area contributed by atoms with Gasteiger partial charge in [0.15, 0.2) is 0 Å². The average molecular weight is 799 g/mol. The molecular weight excluding hydrogens is 774 g/mol. The Morgan fingerprint density at radius 2 is 1.34 bits per heavy atom. The molecule has 47 heavy (non-hydrogen) atoms. The molecule has 0 atom stereocenters.